The molecule has 0 spiro atoms. The van der Waals surface area contributed by atoms with E-state index >= 15 is 0 Å². The molecule has 14 rings (SSSR count). The number of nitrogens with zero attached hydrogens (tertiary/aromatic N) is 1. The number of hydrogen-bond donors (Lipinski definition) is 0. The van der Waals surface area contributed by atoms with Crippen molar-refractivity contribution < 1.29 is 43.2 Å². The third kappa shape index (κ3) is 34.6. The van der Waals surface area contributed by atoms with E-state index < -0.39 is 4.92 Å². The van der Waals surface area contributed by atoms with Crippen LogP contribution in [0.25, 0.3) is 0 Å². The maximum Gasteiger partial charge on any atom is 0.269 e. The van der Waals surface area contributed by atoms with Crippen LogP contribution in [0.1, 0.15) is 267 Å². The van der Waals surface area contributed by atoms with Gasteiger partial charge in [-0.25, -0.2) is 0 Å². The van der Waals surface area contributed by atoms with Gasteiger partial charge in [-0.05, 0) is 276 Å². The molecule has 0 bridgehead atoms. The van der Waals surface area contributed by atoms with Crippen molar-refractivity contribution in [3.63, 3.8) is 0 Å². The molecule has 8 aliphatic rings. The molecule has 116 heavy (non-hydrogen) atoms. The fourth-order valence-electron chi connectivity index (χ4n) is 15.6. The Morgan fingerprint density at radius 1 is 0.440 bits per heavy atom. The highest BCUT2D eigenvalue weighted by atomic mass is 32.2. The predicted octanol–water partition coefficient (Wildman–Crippen LogP) is 20.4. The fourth-order valence-corrected chi connectivity index (χ4v) is 31.7. The molecule has 2 unspecified atom stereocenters. The second kappa shape index (κ2) is 52.1. The minimum atomic E-state index is -0.451. The molecule has 6 saturated heterocycles. The Morgan fingerprint density at radius 2 is 0.750 bits per heavy atom. The van der Waals surface area contributed by atoms with E-state index in [1.807, 2.05) is 91.9 Å². The predicted molar refractivity (Wildman–Crippen MR) is 508 cm³/mol. The largest absolute Gasteiger partial charge is 0.497 e. The lowest BCUT2D eigenvalue weighted by Gasteiger charge is -2.23. The number of non-ortho nitro benzene ring substituents is 1. The summed E-state index contributed by atoms with van der Waals surface area (Å²) in [6.07, 6.45) is 32.9. The summed E-state index contributed by atoms with van der Waals surface area (Å²) < 4.78 is 5.07. The average molecular weight is 1710 g/mol. The lowest BCUT2D eigenvalue weighted by atomic mass is 9.86. The first-order chi connectivity index (χ1) is 55.9. The maximum absolute atomic E-state index is 12.2. The fraction of sp³-hybridized carbons (Fsp3) is 0.561. The van der Waals surface area contributed by atoms with Crippen molar-refractivity contribution >= 4 is 122 Å². The summed E-state index contributed by atoms with van der Waals surface area (Å²) in [6.45, 7) is 15.3. The topological polar surface area (TPSA) is 172 Å². The molecule has 2 saturated carbocycles. The molecule has 630 valence electrons. The van der Waals surface area contributed by atoms with Gasteiger partial charge in [-0.3, -0.25) is 43.7 Å². The number of carbonyl (C=O) groups is 7. The van der Waals surface area contributed by atoms with Crippen molar-refractivity contribution in [2.45, 2.75) is 218 Å². The zero-order chi connectivity index (χ0) is 83.2. The number of carbonyl (C=O) groups excluding carboxylic acids is 7. The van der Waals surface area contributed by atoms with Gasteiger partial charge >= 0.3 is 0 Å². The third-order valence-electron chi connectivity index (χ3n) is 22.8. The summed E-state index contributed by atoms with van der Waals surface area (Å²) in [5.41, 5.74) is 10.4. The van der Waals surface area contributed by atoms with Gasteiger partial charge in [0.05, 0.1) is 18.3 Å². The first kappa shape index (κ1) is 96.1. The van der Waals surface area contributed by atoms with Crippen molar-refractivity contribution in [3.8, 4) is 5.75 Å². The molecule has 2 atom stereocenters. The number of nitro groups is 1. The summed E-state index contributed by atoms with van der Waals surface area (Å²) in [7, 11) is 4.14. The van der Waals surface area contributed by atoms with Crippen LogP contribution in [0.3, 0.4) is 0 Å². The van der Waals surface area contributed by atoms with Gasteiger partial charge < -0.3 is 4.74 Å². The number of hydrogen-bond acceptors (Lipinski definition) is 10. The third-order valence-corrected chi connectivity index (χ3v) is 40.1. The number of Topliss-reactive ketones (excluding diaryl/α,β-unsaturated/α-hetero) is 7. The Balaban J connectivity index is 0.000000169. The molecule has 11 nitrogen and oxygen atoms in total. The molecular weight excluding hydrogens is 1580 g/mol. The average Bonchev–Trinajstić information content (AvgIpc) is 1.80. The SMILES string of the molecule is CC(C)(C)c1ccc(C(=O)C[S+]2CCCC2)cc1.CC(C)Cc1ccc(C(=O)C[S+]2CCCC2)cc1.CCCCc1ccc(C(=O)C[S+]2CCCC2)cc1.COc1ccc(C(=O)C[S+]2CCCC2)cc1.C[S+](C1CCCCC1)C1CCCC1=O.Cc1ccc(C(=O)C[S+]2CCCC2)cc1.O=C(C[S+]1CCCC1)c1ccc([N+](=O)[O-])cc1. The molecule has 6 aliphatic heterocycles. The smallest absolute Gasteiger partial charge is 0.269 e. The molecule has 6 aromatic carbocycles. The second-order valence-corrected chi connectivity index (χ2v) is 50.2. The van der Waals surface area contributed by atoms with Crippen molar-refractivity contribution in [1.29, 1.82) is 0 Å². The standard InChI is InChI=1S/3C16H23OS.C13H17O2S.C13H17OS.C12H14NO3S.C12H21OS/c1-16(2,3)14-8-6-13(7-9-14)15(17)12-18-10-4-5-11-18;1-13(2)11-14-5-7-15(8-6-14)16(17)12-18-9-3-4-10-18;1-2-3-6-14-7-9-15(10-8-14)16(17)13-18-11-4-5-12-18;1-15-12-6-4-11(5-7-12)13(14)10-16-8-2-3-9-16;1-11-4-6-12(7-5-11)13(14)10-15-8-2-3-9-15;14-12(9-17-7-1-2-8-17)10-3-5-11(6-4-10)13(15)16;1-14(10-6-3-2-4-7-10)12-9-5-8-11(12)13/h6-9H,4-5,10-12H2,1-3H3;5-8,13H,3-4,9-12H2,1-2H3;7-10H,2-6,11-13H2,1H3;4-7H,2-3,8-10H2,1H3;4-7H,2-3,8-10H2,1H3;3-6H,1-2,7-9H2;10,12H,2-9H2,1H3/q7*+1. The summed E-state index contributed by atoms with van der Waals surface area (Å²) >= 11 is 0. The molecule has 6 aromatic rings. The Labute approximate surface area is 718 Å². The van der Waals surface area contributed by atoms with Crippen molar-refractivity contribution in [1.82, 2.24) is 0 Å². The number of ether oxygens (including phenoxy) is 1. The number of ketones is 7. The molecule has 0 radical (unpaired) electrons. The van der Waals surface area contributed by atoms with E-state index in [2.05, 4.69) is 84.2 Å². The van der Waals surface area contributed by atoms with Gasteiger partial charge in [0.2, 0.25) is 34.7 Å². The molecule has 0 aromatic heterocycles. The lowest BCUT2D eigenvalue weighted by molar-refractivity contribution is -0.384. The number of benzene rings is 6. The van der Waals surface area contributed by atoms with Crippen LogP contribution in [-0.4, -0.2) is 173 Å². The highest BCUT2D eigenvalue weighted by molar-refractivity contribution is 7.99. The van der Waals surface area contributed by atoms with Crippen LogP contribution >= 0.6 is 0 Å². The van der Waals surface area contributed by atoms with Gasteiger partial charge in [0, 0.05) is 58.4 Å². The van der Waals surface area contributed by atoms with E-state index in [-0.39, 0.29) is 33.6 Å². The minimum Gasteiger partial charge on any atom is -0.497 e. The van der Waals surface area contributed by atoms with Crippen LogP contribution < -0.4 is 4.74 Å². The quantitative estimate of drug-likeness (QED) is 0.0209. The van der Waals surface area contributed by atoms with Gasteiger partial charge in [-0.2, -0.15) is 0 Å². The van der Waals surface area contributed by atoms with Gasteiger partial charge in [-0.1, -0.05) is 157 Å². The molecule has 0 amide bonds. The first-order valence-electron chi connectivity index (χ1n) is 43.3. The van der Waals surface area contributed by atoms with E-state index in [1.54, 1.807) is 19.2 Å². The van der Waals surface area contributed by atoms with Crippen LogP contribution in [0.2, 0.25) is 0 Å². The van der Waals surface area contributed by atoms with Gasteiger partial charge in [0.15, 0.2) is 45.6 Å². The molecule has 0 N–H and O–H groups in total. The number of rotatable bonds is 27. The second-order valence-electron chi connectivity index (χ2n) is 33.8. The lowest BCUT2D eigenvalue weighted by Crippen LogP contribution is -2.35. The molecular formula is C98H138NO10S7+7. The molecule has 8 fully saturated rings. The Kier molecular flexibility index (Phi) is 43.2. The molecule has 2 aliphatic carbocycles. The monoisotopic (exact) mass is 1710 g/mol. The highest BCUT2D eigenvalue weighted by Crippen LogP contribution is 2.33. The van der Waals surface area contributed by atoms with Crippen LogP contribution in [0.15, 0.2) is 146 Å². The van der Waals surface area contributed by atoms with E-state index in [0.29, 0.717) is 117 Å². The summed E-state index contributed by atoms with van der Waals surface area (Å²) in [6, 6.07) is 46.0. The zero-order valence-electron chi connectivity index (χ0n) is 71.7. The molecule has 6 heterocycles. The van der Waals surface area contributed by atoms with Crippen LogP contribution in [0, 0.1) is 23.0 Å². The van der Waals surface area contributed by atoms with Gasteiger partial charge in [-0.15, -0.1) is 0 Å². The van der Waals surface area contributed by atoms with E-state index in [1.165, 1.54) is 232 Å². The van der Waals surface area contributed by atoms with E-state index in [4.69, 9.17) is 4.74 Å². The van der Waals surface area contributed by atoms with Gasteiger partial charge in [0.1, 0.15) is 80.0 Å². The number of methoxy groups -OCH3 is 1. The Morgan fingerprint density at radius 3 is 1.04 bits per heavy atom. The zero-order valence-corrected chi connectivity index (χ0v) is 77.4. The van der Waals surface area contributed by atoms with Crippen LogP contribution in [0.5, 0.6) is 5.75 Å². The molecule has 18 heteroatoms. The number of aryl methyl sites for hydroxylation is 2. The summed E-state index contributed by atoms with van der Waals surface area (Å²) in [4.78, 5) is 93.9. The maximum atomic E-state index is 12.2. The minimum absolute atomic E-state index is 0.0323. The number of unbranched alkanes of at least 4 members (excludes halogenated alkanes) is 1. The van der Waals surface area contributed by atoms with E-state index in [0.717, 1.165) is 93.3 Å². The highest BCUT2D eigenvalue weighted by Gasteiger charge is 2.42. The summed E-state index contributed by atoms with van der Waals surface area (Å²) in [5, 5.41) is 11.8. The Bertz CT molecular complexity index is 3930. The summed E-state index contributed by atoms with van der Waals surface area (Å²) in [5.74, 6) is 23.3. The van der Waals surface area contributed by atoms with Gasteiger partial charge in [0.25, 0.3) is 5.69 Å². The van der Waals surface area contributed by atoms with Crippen molar-refractivity contribution in [3.05, 3.63) is 211 Å². The van der Waals surface area contributed by atoms with E-state index in [9.17, 15) is 43.7 Å². The normalized spacial score (nSPS) is 18.3. The van der Waals surface area contributed by atoms with Crippen LogP contribution in [0.4, 0.5) is 5.69 Å². The van der Waals surface area contributed by atoms with Crippen molar-refractivity contribution in [2.24, 2.45) is 5.92 Å². The number of nitro benzene ring substituents is 1. The Hall–Kier alpha value is -5.34. The van der Waals surface area contributed by atoms with Crippen LogP contribution in [-0.2, 0) is 99.3 Å². The first-order valence-corrected chi connectivity index (χ1v) is 55.5. The van der Waals surface area contributed by atoms with Crippen molar-refractivity contribution in [2.75, 3.05) is 117 Å².